The molecule has 0 aliphatic heterocycles. The maximum atomic E-state index is 11.1. The molecule has 0 spiro atoms. The zero-order valence-corrected chi connectivity index (χ0v) is 9.02. The number of nitroso groups, excluding NO2 is 1. The van der Waals surface area contributed by atoms with Gasteiger partial charge in [0.15, 0.2) is 5.78 Å². The van der Waals surface area contributed by atoms with Gasteiger partial charge in [-0.15, -0.1) is 0 Å². The van der Waals surface area contributed by atoms with Crippen LogP contribution in [0, 0.1) is 8.48 Å². The van der Waals surface area contributed by atoms with E-state index in [0.29, 0.717) is 6.42 Å². The molecule has 1 aromatic carbocycles. The van der Waals surface area contributed by atoms with Crippen LogP contribution in [0.25, 0.3) is 0 Å². The molecule has 0 bridgehead atoms. The molecule has 0 saturated carbocycles. The normalized spacial score (nSPS) is 9.62. The second-order valence-electron chi connectivity index (χ2n) is 2.59. The fraction of sp³-hybridized carbons (Fsp3) is 0.222. The van der Waals surface area contributed by atoms with Gasteiger partial charge in [-0.05, 0) is 34.2 Å². The van der Waals surface area contributed by atoms with Crippen LogP contribution in [-0.2, 0) is 11.2 Å². The Bertz CT molecular complexity index is 325. The minimum absolute atomic E-state index is 0.140. The number of hydrogen-bond acceptors (Lipinski definition) is 3. The Morgan fingerprint density at radius 3 is 2.69 bits per heavy atom. The zero-order chi connectivity index (χ0) is 9.68. The molecule has 0 atom stereocenters. The fourth-order valence-electron chi connectivity index (χ4n) is 0.982. The van der Waals surface area contributed by atoms with Crippen LogP contribution in [0.1, 0.15) is 5.56 Å². The molecule has 3 nitrogen and oxygen atoms in total. The third kappa shape index (κ3) is 3.22. The van der Waals surface area contributed by atoms with Gasteiger partial charge in [0.05, 0.1) is 0 Å². The molecule has 0 amide bonds. The van der Waals surface area contributed by atoms with Crippen LogP contribution in [-0.4, -0.2) is 12.3 Å². The van der Waals surface area contributed by atoms with Gasteiger partial charge in [0.25, 0.3) is 0 Å². The van der Waals surface area contributed by atoms with E-state index in [1.54, 1.807) is 0 Å². The van der Waals surface area contributed by atoms with Crippen molar-refractivity contribution in [3.05, 3.63) is 38.3 Å². The van der Waals surface area contributed by atoms with E-state index in [9.17, 15) is 9.70 Å². The number of carbonyl (C=O) groups is 1. The summed E-state index contributed by atoms with van der Waals surface area (Å²) < 4.78 is 1.04. The third-order valence-electron chi connectivity index (χ3n) is 1.59. The lowest BCUT2D eigenvalue weighted by molar-refractivity contribution is -0.117. The topological polar surface area (TPSA) is 46.5 Å². The Morgan fingerprint density at radius 1 is 1.38 bits per heavy atom. The van der Waals surface area contributed by atoms with Gasteiger partial charge < -0.3 is 0 Å². The van der Waals surface area contributed by atoms with Crippen molar-refractivity contribution >= 4 is 28.4 Å². The Balaban J connectivity index is 2.68. The molecule has 0 saturated heterocycles. The molecule has 13 heavy (non-hydrogen) atoms. The van der Waals surface area contributed by atoms with E-state index in [2.05, 4.69) is 27.8 Å². The van der Waals surface area contributed by atoms with Gasteiger partial charge in [-0.25, -0.2) is 0 Å². The predicted molar refractivity (Wildman–Crippen MR) is 58.5 cm³/mol. The minimum atomic E-state index is -0.231. The van der Waals surface area contributed by atoms with Gasteiger partial charge in [-0.3, -0.25) is 4.79 Å². The van der Waals surface area contributed by atoms with Crippen molar-refractivity contribution in [2.75, 3.05) is 6.54 Å². The van der Waals surface area contributed by atoms with E-state index in [1.807, 2.05) is 24.3 Å². The molecule has 1 rings (SSSR count). The number of benzene rings is 1. The van der Waals surface area contributed by atoms with Crippen molar-refractivity contribution in [3.63, 3.8) is 0 Å². The summed E-state index contributed by atoms with van der Waals surface area (Å²) >= 11 is 2.16. The number of carbonyl (C=O) groups excluding carboxylic acids is 1. The summed E-state index contributed by atoms with van der Waals surface area (Å²) in [4.78, 5) is 20.9. The summed E-state index contributed by atoms with van der Waals surface area (Å²) in [7, 11) is 0. The molecule has 0 N–H and O–H groups in total. The highest BCUT2D eigenvalue weighted by atomic mass is 127. The molecule has 0 aromatic heterocycles. The lowest BCUT2D eigenvalue weighted by atomic mass is 10.1. The SMILES string of the molecule is O=NCC(=O)Cc1ccccc1I. The number of rotatable bonds is 4. The van der Waals surface area contributed by atoms with Gasteiger partial charge in [0.2, 0.25) is 0 Å². The lowest BCUT2D eigenvalue weighted by Gasteiger charge is -2.00. The van der Waals surface area contributed by atoms with E-state index < -0.39 is 0 Å². The first kappa shape index (κ1) is 10.3. The number of hydrogen-bond donors (Lipinski definition) is 0. The van der Waals surface area contributed by atoms with Crippen molar-refractivity contribution in [1.82, 2.24) is 0 Å². The van der Waals surface area contributed by atoms with Crippen LogP contribution in [0.3, 0.4) is 0 Å². The first-order valence-corrected chi connectivity index (χ1v) is 4.86. The molecule has 0 heterocycles. The highest BCUT2D eigenvalue weighted by Gasteiger charge is 2.05. The Labute approximate surface area is 89.6 Å². The van der Waals surface area contributed by atoms with E-state index in [4.69, 9.17) is 0 Å². The predicted octanol–water partition coefficient (Wildman–Crippen LogP) is 2.17. The summed E-state index contributed by atoms with van der Waals surface area (Å²) in [6.07, 6.45) is 0.296. The second kappa shape index (κ2) is 5.06. The highest BCUT2D eigenvalue weighted by molar-refractivity contribution is 14.1. The second-order valence-corrected chi connectivity index (χ2v) is 3.76. The summed E-state index contributed by atoms with van der Waals surface area (Å²) in [5.41, 5.74) is 0.955. The van der Waals surface area contributed by atoms with Crippen molar-refractivity contribution in [2.45, 2.75) is 6.42 Å². The van der Waals surface area contributed by atoms with Crippen molar-refractivity contribution < 1.29 is 4.79 Å². The summed E-state index contributed by atoms with van der Waals surface area (Å²) in [5, 5.41) is 2.56. The Morgan fingerprint density at radius 2 is 2.08 bits per heavy atom. The molecule has 0 unspecified atom stereocenters. The molecule has 1 aromatic rings. The zero-order valence-electron chi connectivity index (χ0n) is 6.87. The van der Waals surface area contributed by atoms with Crippen LogP contribution in [0.4, 0.5) is 0 Å². The number of ketones is 1. The standard InChI is InChI=1S/C9H8INO2/c10-9-4-2-1-3-7(9)5-8(12)6-11-13/h1-4H,5-6H2. The smallest absolute Gasteiger partial charge is 0.162 e. The number of nitrogens with zero attached hydrogens (tertiary/aromatic N) is 1. The van der Waals surface area contributed by atoms with Crippen molar-refractivity contribution in [1.29, 1.82) is 0 Å². The summed E-state index contributed by atoms with van der Waals surface area (Å²) in [5.74, 6) is -0.140. The molecule has 0 aliphatic rings. The van der Waals surface area contributed by atoms with Crippen LogP contribution in [0.5, 0.6) is 0 Å². The van der Waals surface area contributed by atoms with Crippen LogP contribution in [0.15, 0.2) is 29.4 Å². The molecular formula is C9H8INO2. The molecule has 4 heteroatoms. The minimum Gasteiger partial charge on any atom is -0.297 e. The van der Waals surface area contributed by atoms with E-state index in [1.165, 1.54) is 0 Å². The largest absolute Gasteiger partial charge is 0.297 e. The van der Waals surface area contributed by atoms with Gasteiger partial charge in [0.1, 0.15) is 6.54 Å². The molecule has 0 fully saturated rings. The Hall–Kier alpha value is -0.780. The van der Waals surface area contributed by atoms with Gasteiger partial charge >= 0.3 is 0 Å². The molecule has 0 aliphatic carbocycles. The third-order valence-corrected chi connectivity index (χ3v) is 2.64. The average Bonchev–Trinajstić information content (AvgIpc) is 2.09. The van der Waals surface area contributed by atoms with E-state index >= 15 is 0 Å². The first-order chi connectivity index (χ1) is 6.24. The maximum absolute atomic E-state index is 11.1. The average molecular weight is 289 g/mol. The Kier molecular flexibility index (Phi) is 4.01. The van der Waals surface area contributed by atoms with Crippen LogP contribution < -0.4 is 0 Å². The fourth-order valence-corrected chi connectivity index (χ4v) is 1.56. The molecule has 68 valence electrons. The summed E-state index contributed by atoms with van der Waals surface area (Å²) in [6, 6.07) is 7.59. The molecular weight excluding hydrogens is 281 g/mol. The van der Waals surface area contributed by atoms with Crippen LogP contribution >= 0.6 is 22.6 Å². The first-order valence-electron chi connectivity index (χ1n) is 3.78. The van der Waals surface area contributed by atoms with Gasteiger partial charge in [-0.2, -0.15) is 4.91 Å². The van der Waals surface area contributed by atoms with Gasteiger partial charge in [-0.1, -0.05) is 23.4 Å². The van der Waals surface area contributed by atoms with Crippen molar-refractivity contribution in [3.8, 4) is 0 Å². The van der Waals surface area contributed by atoms with E-state index in [0.717, 1.165) is 9.13 Å². The molecule has 0 radical (unpaired) electrons. The van der Waals surface area contributed by atoms with Crippen molar-refractivity contribution in [2.24, 2.45) is 5.18 Å². The monoisotopic (exact) mass is 289 g/mol. The lowest BCUT2D eigenvalue weighted by Crippen LogP contribution is -2.06. The highest BCUT2D eigenvalue weighted by Crippen LogP contribution is 2.12. The quantitative estimate of drug-likeness (QED) is 0.630. The summed E-state index contributed by atoms with van der Waals surface area (Å²) in [6.45, 7) is -0.231. The number of Topliss-reactive ketones (excluding diaryl/α,β-unsaturated/α-hetero) is 1. The number of halogens is 1. The maximum Gasteiger partial charge on any atom is 0.162 e. The van der Waals surface area contributed by atoms with Crippen LogP contribution in [0.2, 0.25) is 0 Å². The van der Waals surface area contributed by atoms with Gasteiger partial charge in [0, 0.05) is 9.99 Å². The van der Waals surface area contributed by atoms with E-state index in [-0.39, 0.29) is 12.3 Å².